The molecule has 0 atom stereocenters. The van der Waals surface area contributed by atoms with Crippen LogP contribution in [0, 0.1) is 6.07 Å². The Balaban J connectivity index is 0.0000125. The van der Waals surface area contributed by atoms with Crippen molar-refractivity contribution in [2.45, 2.75) is 211 Å². The second kappa shape index (κ2) is 34.6. The van der Waals surface area contributed by atoms with E-state index in [-0.39, 0.29) is 64.0 Å². The average molecular weight is 743 g/mol. The quantitative estimate of drug-likeness (QED) is 0.0320. The number of hydrogen-bond acceptors (Lipinski definition) is 4. The van der Waals surface area contributed by atoms with E-state index < -0.39 is 10.1 Å². The molecule has 0 saturated carbocycles. The topological polar surface area (TPSA) is 66.4 Å². The van der Waals surface area contributed by atoms with E-state index in [1.54, 1.807) is 6.07 Å². The van der Waals surface area contributed by atoms with Gasteiger partial charge in [-0.1, -0.05) is 194 Å². The van der Waals surface area contributed by atoms with Crippen LogP contribution in [0.2, 0.25) is 0 Å². The summed E-state index contributed by atoms with van der Waals surface area (Å²) in [5.74, 6) is 1.03. The fraction of sp³-hybridized carbons (Fsp3) is 0.727. The van der Waals surface area contributed by atoms with Gasteiger partial charge in [-0.3, -0.25) is 0 Å². The van der Waals surface area contributed by atoms with Gasteiger partial charge in [0.1, 0.15) is 15.9 Å². The van der Waals surface area contributed by atoms with Crippen molar-refractivity contribution in [1.82, 2.24) is 0 Å². The van der Waals surface area contributed by atoms with E-state index in [9.17, 15) is 13.0 Å². The molecule has 0 spiro atoms. The van der Waals surface area contributed by atoms with Gasteiger partial charge >= 0.3 is 59.1 Å². The fourth-order valence-electron chi connectivity index (χ4n) is 6.86. The third-order valence-electron chi connectivity index (χ3n) is 9.92. The molecule has 0 N–H and O–H groups in total. The van der Waals surface area contributed by atoms with Crippen molar-refractivity contribution in [2.24, 2.45) is 0 Å². The summed E-state index contributed by atoms with van der Waals surface area (Å²) >= 11 is 0. The van der Waals surface area contributed by atoms with Crippen LogP contribution < -0.4 is 63.9 Å². The van der Waals surface area contributed by atoms with Gasteiger partial charge in [0, 0.05) is 5.75 Å². The van der Waals surface area contributed by atoms with Crippen molar-refractivity contribution in [2.75, 3.05) is 0 Å². The molecule has 0 aliphatic heterocycles. The Morgan fingerprint density at radius 1 is 0.471 bits per heavy atom. The number of aryl methyl sites for hydroxylation is 2. The number of rotatable bonds is 33. The summed E-state index contributed by atoms with van der Waals surface area (Å²) in [4.78, 5) is -0.215. The van der Waals surface area contributed by atoms with Crippen LogP contribution in [0.5, 0.6) is 11.5 Å². The van der Waals surface area contributed by atoms with Gasteiger partial charge in [-0.2, -0.15) is 17.7 Å². The van der Waals surface area contributed by atoms with Crippen LogP contribution in [0.1, 0.15) is 205 Å². The second-order valence-corrected chi connectivity index (χ2v) is 16.0. The van der Waals surface area contributed by atoms with E-state index in [4.69, 9.17) is 4.74 Å². The maximum Gasteiger partial charge on any atom is 1.00 e. The molecule has 0 unspecified atom stereocenters. The SMILES string of the molecule is CCCCCCCCCCCCCCCCc1c[c-]cc(Oc2cc(CCCCCCCCCCCCCCCC)cc(S(=O)(=O)[O-])c2)c1.[Na+].[Na+]. The van der Waals surface area contributed by atoms with Gasteiger partial charge in [-0.25, -0.2) is 8.42 Å². The zero-order valence-electron chi connectivity index (χ0n) is 33.7. The molecule has 0 saturated heterocycles. The molecular weight excluding hydrogens is 671 g/mol. The standard InChI is InChI=1S/C44H73O4S.2Na/c1-3-5-7-9-11-13-15-17-19-21-23-25-27-29-32-40-34-31-35-42(36-40)48-43-37-41(38-44(39-43)49(45,46)47)33-30-28-26-24-22-20-18-16-14-12-10-8-6-4-2;;/h34-39H,3-30,32-33H2,1-2H3,(H,45,46,47);;/q-1;2*+1/p-1. The van der Waals surface area contributed by atoms with Crippen LogP contribution in [-0.4, -0.2) is 13.0 Å². The molecule has 0 aliphatic carbocycles. The first-order chi connectivity index (χ1) is 23.9. The maximum atomic E-state index is 11.9. The van der Waals surface area contributed by atoms with E-state index in [1.165, 1.54) is 178 Å². The molecule has 51 heavy (non-hydrogen) atoms. The predicted octanol–water partition coefficient (Wildman–Crippen LogP) is 8.24. The third kappa shape index (κ3) is 28.3. The molecule has 280 valence electrons. The average Bonchev–Trinajstić information content (AvgIpc) is 3.08. The molecule has 0 amide bonds. The van der Waals surface area contributed by atoms with Crippen molar-refractivity contribution in [3.63, 3.8) is 0 Å². The van der Waals surface area contributed by atoms with Crippen molar-refractivity contribution in [1.29, 1.82) is 0 Å². The minimum Gasteiger partial charge on any atom is -0.744 e. The Morgan fingerprint density at radius 3 is 1.22 bits per heavy atom. The number of benzene rings is 2. The van der Waals surface area contributed by atoms with E-state index in [0.717, 1.165) is 37.7 Å². The summed E-state index contributed by atoms with van der Waals surface area (Å²) in [5.41, 5.74) is 2.01. The first-order valence-electron chi connectivity index (χ1n) is 20.7. The molecule has 2 rings (SSSR count). The summed E-state index contributed by atoms with van der Waals surface area (Å²) in [7, 11) is -4.58. The van der Waals surface area contributed by atoms with Gasteiger partial charge in [-0.15, -0.1) is 12.1 Å². The number of unbranched alkanes of at least 4 members (excludes halogenated alkanes) is 26. The number of ether oxygens (including phenoxy) is 1. The van der Waals surface area contributed by atoms with Crippen LogP contribution in [0.3, 0.4) is 0 Å². The Kier molecular flexibility index (Phi) is 34.7. The van der Waals surface area contributed by atoms with Crippen LogP contribution >= 0.6 is 0 Å². The Hall–Kier alpha value is 0.150. The van der Waals surface area contributed by atoms with Gasteiger partial charge in [0.25, 0.3) is 0 Å². The zero-order valence-corrected chi connectivity index (χ0v) is 38.5. The van der Waals surface area contributed by atoms with E-state index >= 15 is 0 Å². The molecule has 2 aromatic rings. The maximum absolute atomic E-state index is 11.9. The predicted molar refractivity (Wildman–Crippen MR) is 208 cm³/mol. The van der Waals surface area contributed by atoms with Gasteiger partial charge < -0.3 is 9.29 Å². The van der Waals surface area contributed by atoms with Gasteiger partial charge in [0.2, 0.25) is 0 Å². The molecule has 0 aromatic heterocycles. The Morgan fingerprint density at radius 2 is 0.824 bits per heavy atom. The van der Waals surface area contributed by atoms with Gasteiger partial charge in [0.05, 0.1) is 4.90 Å². The first-order valence-corrected chi connectivity index (χ1v) is 22.1. The Labute approximate surface area is 360 Å². The summed E-state index contributed by atoms with van der Waals surface area (Å²) in [5, 5.41) is 0. The van der Waals surface area contributed by atoms with Crippen molar-refractivity contribution >= 4 is 10.1 Å². The van der Waals surface area contributed by atoms with Crippen molar-refractivity contribution < 1.29 is 76.8 Å². The summed E-state index contributed by atoms with van der Waals surface area (Å²) in [6.45, 7) is 4.55. The summed E-state index contributed by atoms with van der Waals surface area (Å²) < 4.78 is 41.9. The van der Waals surface area contributed by atoms with E-state index in [0.29, 0.717) is 11.5 Å². The van der Waals surface area contributed by atoms with Crippen LogP contribution in [-0.2, 0) is 23.0 Å². The normalized spacial score (nSPS) is 11.3. The third-order valence-corrected chi connectivity index (χ3v) is 10.7. The Bertz CT molecular complexity index is 1190. The summed E-state index contributed by atoms with van der Waals surface area (Å²) in [6.07, 6.45) is 38.8. The molecule has 7 heteroatoms. The minimum atomic E-state index is -4.58. The molecule has 0 bridgehead atoms. The second-order valence-electron chi connectivity index (χ2n) is 14.6. The molecule has 0 heterocycles. The van der Waals surface area contributed by atoms with E-state index in [1.807, 2.05) is 18.2 Å². The zero-order chi connectivity index (χ0) is 35.3. The molecule has 0 radical (unpaired) electrons. The van der Waals surface area contributed by atoms with Crippen LogP contribution in [0.4, 0.5) is 0 Å². The van der Waals surface area contributed by atoms with Crippen LogP contribution in [0.15, 0.2) is 41.3 Å². The molecule has 2 aromatic carbocycles. The molecule has 0 aliphatic rings. The van der Waals surface area contributed by atoms with Crippen molar-refractivity contribution in [3.8, 4) is 11.5 Å². The minimum absolute atomic E-state index is 0. The summed E-state index contributed by atoms with van der Waals surface area (Å²) in [6, 6.07) is 13.8. The molecular formula is C44H72Na2O4S. The number of hydrogen-bond donors (Lipinski definition) is 0. The first kappa shape index (κ1) is 51.1. The largest absolute Gasteiger partial charge is 1.00 e. The smallest absolute Gasteiger partial charge is 0.744 e. The van der Waals surface area contributed by atoms with E-state index in [2.05, 4.69) is 19.9 Å². The molecule has 4 nitrogen and oxygen atoms in total. The van der Waals surface area contributed by atoms with Gasteiger partial charge in [0.15, 0.2) is 0 Å². The van der Waals surface area contributed by atoms with Gasteiger partial charge in [-0.05, 0) is 36.6 Å². The van der Waals surface area contributed by atoms with Crippen molar-refractivity contribution in [3.05, 3.63) is 53.6 Å². The molecule has 0 fully saturated rings. The monoisotopic (exact) mass is 742 g/mol. The van der Waals surface area contributed by atoms with Crippen LogP contribution in [0.25, 0.3) is 0 Å². The fourth-order valence-corrected chi connectivity index (χ4v) is 7.42.